The van der Waals surface area contributed by atoms with Crippen LogP contribution in [0.2, 0.25) is 0 Å². The second-order valence-corrected chi connectivity index (χ2v) is 3.86. The third kappa shape index (κ3) is 1.76. The molecule has 0 aliphatic heterocycles. The van der Waals surface area contributed by atoms with E-state index in [2.05, 4.69) is 39.8 Å². The van der Waals surface area contributed by atoms with Crippen LogP contribution >= 0.6 is 0 Å². The number of pyridine rings is 1. The largest absolute Gasteiger partial charge is 0.358 e. The molecule has 86 valence electrons. The lowest BCUT2D eigenvalue weighted by molar-refractivity contribution is 0.774. The molecule has 0 saturated heterocycles. The molecule has 0 unspecified atom stereocenters. The van der Waals surface area contributed by atoms with Gasteiger partial charge in [-0.1, -0.05) is 6.07 Å². The van der Waals surface area contributed by atoms with Crippen LogP contribution in [0.25, 0.3) is 5.65 Å². The van der Waals surface area contributed by atoms with E-state index in [0.29, 0.717) is 0 Å². The molecule has 0 amide bonds. The third-order valence-electron chi connectivity index (χ3n) is 2.79. The summed E-state index contributed by atoms with van der Waals surface area (Å²) in [6.07, 6.45) is 2.06. The Hall–Kier alpha value is -1.55. The van der Waals surface area contributed by atoms with Crippen LogP contribution in [0.1, 0.15) is 12.6 Å². The summed E-state index contributed by atoms with van der Waals surface area (Å²) in [5, 5.41) is 3.19. The zero-order valence-electron chi connectivity index (χ0n) is 10.1. The van der Waals surface area contributed by atoms with Gasteiger partial charge in [0.2, 0.25) is 0 Å². The van der Waals surface area contributed by atoms with Crippen molar-refractivity contribution in [2.24, 2.45) is 0 Å². The molecule has 2 aromatic heterocycles. The normalized spacial score (nSPS) is 10.9. The number of hydrogen-bond acceptors (Lipinski definition) is 3. The first kappa shape index (κ1) is 11.0. The van der Waals surface area contributed by atoms with Gasteiger partial charge in [0.05, 0.1) is 5.69 Å². The van der Waals surface area contributed by atoms with Crippen molar-refractivity contribution in [2.75, 3.05) is 25.5 Å². The molecule has 0 spiro atoms. The molecular weight excluding hydrogens is 200 g/mol. The molecule has 2 rings (SSSR count). The molecule has 4 heteroatoms. The summed E-state index contributed by atoms with van der Waals surface area (Å²) in [6, 6.07) is 6.08. The second-order valence-electron chi connectivity index (χ2n) is 3.86. The van der Waals surface area contributed by atoms with E-state index in [1.54, 1.807) is 0 Å². The number of anilines is 1. The van der Waals surface area contributed by atoms with Gasteiger partial charge in [0, 0.05) is 26.3 Å². The van der Waals surface area contributed by atoms with Crippen LogP contribution in [0, 0.1) is 0 Å². The van der Waals surface area contributed by atoms with Crippen molar-refractivity contribution >= 4 is 11.5 Å². The summed E-state index contributed by atoms with van der Waals surface area (Å²) in [7, 11) is 4.03. The minimum Gasteiger partial charge on any atom is -0.358 e. The maximum absolute atomic E-state index is 4.65. The van der Waals surface area contributed by atoms with Crippen molar-refractivity contribution in [1.29, 1.82) is 0 Å². The summed E-state index contributed by atoms with van der Waals surface area (Å²) >= 11 is 0. The fraction of sp³-hybridized carbons (Fsp3) is 0.417. The topological polar surface area (TPSA) is 32.6 Å². The number of imidazole rings is 1. The van der Waals surface area contributed by atoms with Gasteiger partial charge in [0.25, 0.3) is 0 Å². The van der Waals surface area contributed by atoms with Gasteiger partial charge in [0.1, 0.15) is 5.65 Å². The van der Waals surface area contributed by atoms with Gasteiger partial charge in [-0.2, -0.15) is 0 Å². The van der Waals surface area contributed by atoms with Gasteiger partial charge in [0.15, 0.2) is 5.82 Å². The Morgan fingerprint density at radius 2 is 2.25 bits per heavy atom. The van der Waals surface area contributed by atoms with Gasteiger partial charge in [-0.05, 0) is 26.1 Å². The van der Waals surface area contributed by atoms with Crippen molar-refractivity contribution in [3.63, 3.8) is 0 Å². The number of fused-ring (bicyclic) bond motifs is 1. The standard InChI is InChI=1S/C12H18N4/c1-4-15(3)12-10(9-13-2)16-8-6-5-7-11(16)14-12/h5-8,13H,4,9H2,1-3H3. The van der Waals surface area contributed by atoms with Crippen molar-refractivity contribution in [3.05, 3.63) is 30.1 Å². The molecule has 0 fully saturated rings. The molecule has 0 radical (unpaired) electrons. The fourth-order valence-electron chi connectivity index (χ4n) is 1.82. The number of nitrogens with zero attached hydrogens (tertiary/aromatic N) is 3. The first-order chi connectivity index (χ1) is 7.77. The summed E-state index contributed by atoms with van der Waals surface area (Å²) in [6.45, 7) is 3.92. The van der Waals surface area contributed by atoms with E-state index in [-0.39, 0.29) is 0 Å². The molecule has 16 heavy (non-hydrogen) atoms. The predicted octanol–water partition coefficient (Wildman–Crippen LogP) is 1.51. The Morgan fingerprint density at radius 3 is 2.94 bits per heavy atom. The average molecular weight is 218 g/mol. The fourth-order valence-corrected chi connectivity index (χ4v) is 1.82. The molecular formula is C12H18N4. The van der Waals surface area contributed by atoms with E-state index in [4.69, 9.17) is 0 Å². The van der Waals surface area contributed by atoms with Crippen LogP contribution in [-0.4, -0.2) is 30.0 Å². The van der Waals surface area contributed by atoms with Crippen LogP contribution in [0.15, 0.2) is 24.4 Å². The number of rotatable bonds is 4. The first-order valence-corrected chi connectivity index (χ1v) is 5.59. The number of hydrogen-bond donors (Lipinski definition) is 1. The van der Waals surface area contributed by atoms with Crippen LogP contribution < -0.4 is 10.2 Å². The second kappa shape index (κ2) is 4.53. The lowest BCUT2D eigenvalue weighted by Gasteiger charge is -2.15. The van der Waals surface area contributed by atoms with E-state index in [1.165, 1.54) is 5.69 Å². The third-order valence-corrected chi connectivity index (χ3v) is 2.79. The lowest BCUT2D eigenvalue weighted by Crippen LogP contribution is -2.19. The van der Waals surface area contributed by atoms with E-state index in [0.717, 1.165) is 24.6 Å². The maximum Gasteiger partial charge on any atom is 0.152 e. The van der Waals surface area contributed by atoms with E-state index >= 15 is 0 Å². The molecule has 0 aromatic carbocycles. The Morgan fingerprint density at radius 1 is 1.44 bits per heavy atom. The Bertz CT molecular complexity index is 475. The summed E-state index contributed by atoms with van der Waals surface area (Å²) < 4.78 is 2.14. The number of nitrogens with one attached hydrogen (secondary N) is 1. The molecule has 2 heterocycles. The highest BCUT2D eigenvalue weighted by Gasteiger charge is 2.13. The SMILES string of the molecule is CCN(C)c1nc2ccccn2c1CNC. The molecule has 0 aliphatic carbocycles. The van der Waals surface area contributed by atoms with Crippen LogP contribution in [0.4, 0.5) is 5.82 Å². The van der Waals surface area contributed by atoms with E-state index in [1.807, 2.05) is 25.2 Å². The molecule has 1 N–H and O–H groups in total. The average Bonchev–Trinajstić information content (AvgIpc) is 2.68. The molecule has 0 aliphatic rings. The predicted molar refractivity (Wildman–Crippen MR) is 66.9 cm³/mol. The highest BCUT2D eigenvalue weighted by molar-refractivity contribution is 5.55. The molecule has 0 saturated carbocycles. The zero-order valence-corrected chi connectivity index (χ0v) is 10.1. The highest BCUT2D eigenvalue weighted by atomic mass is 15.2. The quantitative estimate of drug-likeness (QED) is 0.844. The molecule has 2 aromatic rings. The summed E-state index contributed by atoms with van der Waals surface area (Å²) in [5.41, 5.74) is 2.21. The van der Waals surface area contributed by atoms with Crippen molar-refractivity contribution in [3.8, 4) is 0 Å². The first-order valence-electron chi connectivity index (χ1n) is 5.59. The van der Waals surface area contributed by atoms with Crippen LogP contribution in [-0.2, 0) is 6.54 Å². The summed E-state index contributed by atoms with van der Waals surface area (Å²) in [5.74, 6) is 1.06. The van der Waals surface area contributed by atoms with Crippen LogP contribution in [0.5, 0.6) is 0 Å². The Balaban J connectivity index is 2.58. The highest BCUT2D eigenvalue weighted by Crippen LogP contribution is 2.20. The maximum atomic E-state index is 4.65. The van der Waals surface area contributed by atoms with Crippen molar-refractivity contribution in [1.82, 2.24) is 14.7 Å². The van der Waals surface area contributed by atoms with E-state index < -0.39 is 0 Å². The van der Waals surface area contributed by atoms with Gasteiger partial charge in [-0.15, -0.1) is 0 Å². The lowest BCUT2D eigenvalue weighted by atomic mass is 10.4. The Kier molecular flexibility index (Phi) is 3.10. The van der Waals surface area contributed by atoms with Crippen molar-refractivity contribution in [2.45, 2.75) is 13.5 Å². The van der Waals surface area contributed by atoms with Gasteiger partial charge >= 0.3 is 0 Å². The van der Waals surface area contributed by atoms with E-state index in [9.17, 15) is 0 Å². The molecule has 4 nitrogen and oxygen atoms in total. The van der Waals surface area contributed by atoms with Gasteiger partial charge in [-0.3, -0.25) is 0 Å². The van der Waals surface area contributed by atoms with Crippen LogP contribution in [0.3, 0.4) is 0 Å². The summed E-state index contributed by atoms with van der Waals surface area (Å²) in [4.78, 5) is 6.82. The smallest absolute Gasteiger partial charge is 0.152 e. The molecule has 0 atom stereocenters. The molecule has 0 bridgehead atoms. The van der Waals surface area contributed by atoms with Gasteiger partial charge < -0.3 is 14.6 Å². The van der Waals surface area contributed by atoms with Crippen molar-refractivity contribution < 1.29 is 0 Å². The minimum atomic E-state index is 0.824. The minimum absolute atomic E-state index is 0.824. The number of aromatic nitrogens is 2. The zero-order chi connectivity index (χ0) is 11.5. The monoisotopic (exact) mass is 218 g/mol. The Labute approximate surface area is 95.9 Å². The van der Waals surface area contributed by atoms with Gasteiger partial charge in [-0.25, -0.2) is 4.98 Å².